The number of rotatable bonds is 3. The molecule has 0 spiro atoms. The summed E-state index contributed by atoms with van der Waals surface area (Å²) in [4.78, 5) is 11.9. The Morgan fingerprint density at radius 1 is 1.39 bits per heavy atom. The molecule has 0 aromatic carbocycles. The zero-order valence-electron chi connectivity index (χ0n) is 11.7. The van der Waals surface area contributed by atoms with Crippen LogP contribution in [0.3, 0.4) is 0 Å². The number of carbonyl (C=O) groups is 1. The van der Waals surface area contributed by atoms with Crippen LogP contribution in [-0.2, 0) is 4.74 Å². The third kappa shape index (κ3) is 4.14. The maximum absolute atomic E-state index is 11.9. The van der Waals surface area contributed by atoms with E-state index in [2.05, 4.69) is 5.32 Å². The number of hydrogen-bond donors (Lipinski definition) is 3. The first-order chi connectivity index (χ1) is 8.29. The van der Waals surface area contributed by atoms with Gasteiger partial charge in [-0.05, 0) is 33.6 Å². The minimum absolute atomic E-state index is 0.129. The first kappa shape index (κ1) is 15.2. The molecule has 106 valence electrons. The molecule has 0 aromatic heterocycles. The Bertz CT molecular complexity index is 280. The van der Waals surface area contributed by atoms with E-state index >= 15 is 0 Å². The summed E-state index contributed by atoms with van der Waals surface area (Å²) in [5.41, 5.74) is 4.93. The molecule has 1 rings (SSSR count). The van der Waals surface area contributed by atoms with E-state index < -0.39 is 23.3 Å². The van der Waals surface area contributed by atoms with Crippen LogP contribution in [0.2, 0.25) is 0 Å². The quantitative estimate of drug-likeness (QED) is 0.716. The van der Waals surface area contributed by atoms with Gasteiger partial charge < -0.3 is 20.9 Å². The van der Waals surface area contributed by atoms with Crippen LogP contribution in [0.4, 0.5) is 4.79 Å². The van der Waals surface area contributed by atoms with E-state index in [9.17, 15) is 9.90 Å². The van der Waals surface area contributed by atoms with Crippen molar-refractivity contribution in [2.45, 2.75) is 70.1 Å². The van der Waals surface area contributed by atoms with Crippen molar-refractivity contribution in [1.82, 2.24) is 5.32 Å². The van der Waals surface area contributed by atoms with Crippen molar-refractivity contribution in [2.75, 3.05) is 6.61 Å². The second-order valence-corrected chi connectivity index (χ2v) is 6.13. The first-order valence-electron chi connectivity index (χ1n) is 6.67. The summed E-state index contributed by atoms with van der Waals surface area (Å²) < 4.78 is 5.27. The second kappa shape index (κ2) is 5.89. The van der Waals surface area contributed by atoms with Gasteiger partial charge in [0.25, 0.3) is 0 Å². The average Bonchev–Trinajstić information content (AvgIpc) is 2.26. The Balaban J connectivity index is 2.70. The van der Waals surface area contributed by atoms with Crippen LogP contribution in [-0.4, -0.2) is 35.0 Å². The topological polar surface area (TPSA) is 84.6 Å². The highest BCUT2D eigenvalue weighted by Gasteiger charge is 2.40. The molecule has 0 heterocycles. The third-order valence-electron chi connectivity index (χ3n) is 3.40. The number of amides is 1. The molecule has 0 aliphatic heterocycles. The lowest BCUT2D eigenvalue weighted by Crippen LogP contribution is -2.62. The fourth-order valence-corrected chi connectivity index (χ4v) is 2.45. The van der Waals surface area contributed by atoms with Crippen molar-refractivity contribution in [3.05, 3.63) is 0 Å². The molecule has 4 N–H and O–H groups in total. The molecule has 1 aliphatic rings. The minimum atomic E-state index is -0.525. The number of aliphatic hydroxyl groups is 1. The van der Waals surface area contributed by atoms with E-state index in [4.69, 9.17) is 10.5 Å². The van der Waals surface area contributed by atoms with Crippen LogP contribution >= 0.6 is 0 Å². The maximum Gasteiger partial charge on any atom is 0.408 e. The van der Waals surface area contributed by atoms with E-state index in [0.29, 0.717) is 0 Å². The van der Waals surface area contributed by atoms with E-state index in [1.165, 1.54) is 0 Å². The van der Waals surface area contributed by atoms with E-state index in [-0.39, 0.29) is 6.61 Å². The van der Waals surface area contributed by atoms with Gasteiger partial charge in [-0.15, -0.1) is 0 Å². The van der Waals surface area contributed by atoms with Gasteiger partial charge in [0.15, 0.2) is 0 Å². The maximum atomic E-state index is 11.9. The lowest BCUT2D eigenvalue weighted by atomic mass is 9.77. The minimum Gasteiger partial charge on any atom is -0.444 e. The molecule has 1 aliphatic carbocycles. The number of alkyl carbamates (subject to hydrolysis) is 1. The van der Waals surface area contributed by atoms with Crippen molar-refractivity contribution < 1.29 is 14.6 Å². The molecular formula is C13H26N2O3. The van der Waals surface area contributed by atoms with E-state index in [1.54, 1.807) is 0 Å². The molecule has 1 unspecified atom stereocenters. The largest absolute Gasteiger partial charge is 0.444 e. The molecule has 5 nitrogen and oxygen atoms in total. The van der Waals surface area contributed by atoms with Gasteiger partial charge in [0.2, 0.25) is 0 Å². The molecule has 0 saturated heterocycles. The van der Waals surface area contributed by atoms with Gasteiger partial charge in [0.05, 0.1) is 18.2 Å². The first-order valence-corrected chi connectivity index (χ1v) is 6.67. The Kier molecular flexibility index (Phi) is 4.99. The van der Waals surface area contributed by atoms with Crippen molar-refractivity contribution in [2.24, 2.45) is 5.73 Å². The van der Waals surface area contributed by atoms with Crippen molar-refractivity contribution in [3.8, 4) is 0 Å². The fraction of sp³-hybridized carbons (Fsp3) is 0.923. The Morgan fingerprint density at radius 3 is 2.39 bits per heavy atom. The Hall–Kier alpha value is -0.810. The smallest absolute Gasteiger partial charge is 0.408 e. The van der Waals surface area contributed by atoms with Crippen LogP contribution in [0.5, 0.6) is 0 Å². The van der Waals surface area contributed by atoms with Crippen LogP contribution in [0.25, 0.3) is 0 Å². The standard InChI is InChI=1S/C13H26N2O3/c1-12(2,3)18-11(17)15-13(10(14)9-16)7-5-4-6-8-13/h10,16H,4-9,14H2,1-3H3,(H,15,17). The zero-order chi connectivity index (χ0) is 13.8. The third-order valence-corrected chi connectivity index (χ3v) is 3.40. The summed E-state index contributed by atoms with van der Waals surface area (Å²) in [6.45, 7) is 5.35. The van der Waals surface area contributed by atoms with Gasteiger partial charge in [-0.2, -0.15) is 0 Å². The predicted octanol–water partition coefficient (Wildman–Crippen LogP) is 1.53. The molecule has 0 radical (unpaired) electrons. The normalized spacial score (nSPS) is 21.2. The number of nitrogens with one attached hydrogen (secondary N) is 1. The number of ether oxygens (including phenoxy) is 1. The van der Waals surface area contributed by atoms with E-state index in [1.807, 2.05) is 20.8 Å². The summed E-state index contributed by atoms with van der Waals surface area (Å²) in [6.07, 6.45) is 4.33. The monoisotopic (exact) mass is 258 g/mol. The molecule has 1 fully saturated rings. The summed E-state index contributed by atoms with van der Waals surface area (Å²) in [6, 6.07) is -0.440. The molecule has 5 heteroatoms. The number of carbonyl (C=O) groups excluding carboxylic acids is 1. The molecule has 0 bridgehead atoms. The highest BCUT2D eigenvalue weighted by molar-refractivity contribution is 5.69. The Morgan fingerprint density at radius 2 is 1.94 bits per heavy atom. The van der Waals surface area contributed by atoms with Crippen LogP contribution < -0.4 is 11.1 Å². The lowest BCUT2D eigenvalue weighted by Gasteiger charge is -2.42. The summed E-state index contributed by atoms with van der Waals surface area (Å²) in [7, 11) is 0. The second-order valence-electron chi connectivity index (χ2n) is 6.13. The zero-order valence-corrected chi connectivity index (χ0v) is 11.7. The number of nitrogens with two attached hydrogens (primary N) is 1. The van der Waals surface area contributed by atoms with Gasteiger partial charge >= 0.3 is 6.09 Å². The van der Waals surface area contributed by atoms with Gasteiger partial charge in [-0.1, -0.05) is 19.3 Å². The van der Waals surface area contributed by atoms with Gasteiger partial charge in [0, 0.05) is 0 Å². The van der Waals surface area contributed by atoms with E-state index in [0.717, 1.165) is 32.1 Å². The molecule has 1 saturated carbocycles. The molecular weight excluding hydrogens is 232 g/mol. The average molecular weight is 258 g/mol. The summed E-state index contributed by atoms with van der Waals surface area (Å²) in [5.74, 6) is 0. The van der Waals surface area contributed by atoms with Crippen molar-refractivity contribution in [1.29, 1.82) is 0 Å². The van der Waals surface area contributed by atoms with Crippen molar-refractivity contribution in [3.63, 3.8) is 0 Å². The highest BCUT2D eigenvalue weighted by atomic mass is 16.6. The summed E-state index contributed by atoms with van der Waals surface area (Å²) >= 11 is 0. The Labute approximate surface area is 109 Å². The molecule has 1 atom stereocenters. The van der Waals surface area contributed by atoms with Crippen LogP contribution in [0.15, 0.2) is 0 Å². The molecule has 18 heavy (non-hydrogen) atoms. The molecule has 0 aromatic rings. The van der Waals surface area contributed by atoms with Gasteiger partial charge in [-0.3, -0.25) is 0 Å². The van der Waals surface area contributed by atoms with Crippen molar-refractivity contribution >= 4 is 6.09 Å². The van der Waals surface area contributed by atoms with Gasteiger partial charge in [-0.25, -0.2) is 4.79 Å². The highest BCUT2D eigenvalue weighted by Crippen LogP contribution is 2.30. The van der Waals surface area contributed by atoms with Crippen LogP contribution in [0, 0.1) is 0 Å². The van der Waals surface area contributed by atoms with Crippen LogP contribution in [0.1, 0.15) is 52.9 Å². The molecule has 1 amide bonds. The summed E-state index contributed by atoms with van der Waals surface area (Å²) in [5, 5.41) is 12.2. The van der Waals surface area contributed by atoms with Gasteiger partial charge in [0.1, 0.15) is 5.60 Å². The number of hydrogen-bond acceptors (Lipinski definition) is 4. The SMILES string of the molecule is CC(C)(C)OC(=O)NC1(C(N)CO)CCCCC1. The predicted molar refractivity (Wildman–Crippen MR) is 70.2 cm³/mol. The number of aliphatic hydroxyl groups excluding tert-OH is 1. The fourth-order valence-electron chi connectivity index (χ4n) is 2.45. The lowest BCUT2D eigenvalue weighted by molar-refractivity contribution is 0.0368.